The van der Waals surface area contributed by atoms with Crippen molar-refractivity contribution in [2.45, 2.75) is 164 Å². The molecule has 22 heteroatoms. The van der Waals surface area contributed by atoms with E-state index in [0.717, 1.165) is 115 Å². The van der Waals surface area contributed by atoms with Gasteiger partial charge in [-0.15, -0.1) is 12.4 Å². The summed E-state index contributed by atoms with van der Waals surface area (Å²) in [6, 6.07) is 49.2. The minimum Gasteiger partial charge on any atom is -0.444 e. The molecule has 0 bridgehead atoms. The number of Topliss-reactive ketones (excluding diaryl/α,β-unsaturated/α-hetero) is 2. The molecule has 0 spiro atoms. The van der Waals surface area contributed by atoms with Gasteiger partial charge >= 0.3 is 6.09 Å². The van der Waals surface area contributed by atoms with E-state index >= 15 is 0 Å². The van der Waals surface area contributed by atoms with Crippen molar-refractivity contribution in [3.8, 4) is 22.7 Å². The Hall–Kier alpha value is -6.56. The monoisotopic (exact) mass is 1700 g/mol. The number of nitrogen functional groups attached to an aromatic ring is 1. The number of ketones is 2. The van der Waals surface area contributed by atoms with Gasteiger partial charge in [0.25, 0.3) is 0 Å². The van der Waals surface area contributed by atoms with Gasteiger partial charge in [0.15, 0.2) is 0 Å². The summed E-state index contributed by atoms with van der Waals surface area (Å²) in [4.78, 5) is 35.0. The predicted octanol–water partition coefficient (Wildman–Crippen LogP) is 19.9. The molecule has 1 saturated carbocycles. The van der Waals surface area contributed by atoms with E-state index in [1.165, 1.54) is 132 Å². The molecule has 1 amide bonds. The van der Waals surface area contributed by atoms with Crippen LogP contribution in [-0.4, -0.2) is 93.5 Å². The highest BCUT2D eigenvalue weighted by Gasteiger charge is 2.27. The van der Waals surface area contributed by atoms with Gasteiger partial charge in [-0.25, -0.2) is 23.5 Å². The number of nitrogens with zero attached hydrogens (tertiary/aromatic N) is 9. The highest BCUT2D eigenvalue weighted by molar-refractivity contribution is 9.11. The molecule has 4 aromatic heterocycles. The number of halogens is 6. The fourth-order valence-electron chi connectivity index (χ4n) is 12.8. The molecule has 6 aromatic carbocycles. The van der Waals surface area contributed by atoms with E-state index in [1.807, 2.05) is 80.9 Å². The molecule has 1 atom stereocenters. The number of anilines is 1. The topological polar surface area (TPSA) is 185 Å². The van der Waals surface area contributed by atoms with Crippen molar-refractivity contribution in [3.05, 3.63) is 225 Å². The third-order valence-electron chi connectivity index (χ3n) is 18.1. The first-order valence-corrected chi connectivity index (χ1v) is 38.7. The molecule has 1 aliphatic heterocycles. The maximum Gasteiger partial charge on any atom is 0.410 e. The number of amides is 1. The van der Waals surface area contributed by atoms with Crippen LogP contribution in [0.25, 0.3) is 33.7 Å². The summed E-state index contributed by atoms with van der Waals surface area (Å²) in [6.07, 6.45) is 18.0. The number of nitrogens with one attached hydrogen (secondary N) is 2. The maximum absolute atomic E-state index is 11.5. The van der Waals surface area contributed by atoms with Gasteiger partial charge in [-0.1, -0.05) is 104 Å². The maximum atomic E-state index is 11.5. The molecule has 4 N–H and O–H groups in total. The van der Waals surface area contributed by atoms with Gasteiger partial charge in [-0.05, 0) is 289 Å². The van der Waals surface area contributed by atoms with Crippen molar-refractivity contribution >= 4 is 126 Å². The molecule has 536 valence electrons. The highest BCUT2D eigenvalue weighted by atomic mass is 79.9. The van der Waals surface area contributed by atoms with Gasteiger partial charge in [-0.3, -0.25) is 15.4 Å². The molecule has 5 aliphatic rings. The molecule has 0 radical (unpaired) electrons. The number of benzene rings is 6. The molecule has 10 aromatic rings. The smallest absolute Gasteiger partial charge is 0.410 e. The van der Waals surface area contributed by atoms with Crippen LogP contribution in [0.5, 0.6) is 0 Å². The van der Waals surface area contributed by atoms with E-state index in [2.05, 4.69) is 227 Å². The van der Waals surface area contributed by atoms with Crippen molar-refractivity contribution in [2.24, 2.45) is 11.8 Å². The van der Waals surface area contributed by atoms with Crippen molar-refractivity contribution in [3.63, 3.8) is 0 Å². The fraction of sp³-hybridized carbons (Fsp3) is 0.380. The summed E-state index contributed by atoms with van der Waals surface area (Å²) in [5, 5.41) is 23.1. The van der Waals surface area contributed by atoms with E-state index in [9.17, 15) is 14.4 Å². The third-order valence-corrected chi connectivity index (χ3v) is 20.7. The molecule has 15 rings (SSSR count). The Balaban J connectivity index is 0.000000151. The summed E-state index contributed by atoms with van der Waals surface area (Å²) >= 11 is 17.2. The predicted molar refractivity (Wildman–Crippen MR) is 429 cm³/mol. The third kappa shape index (κ3) is 22.7. The lowest BCUT2D eigenvalue weighted by Crippen LogP contribution is -2.48. The fourth-order valence-corrected chi connectivity index (χ4v) is 14.2. The molecular formula is C79H94Br5ClN12O4. The van der Waals surface area contributed by atoms with Crippen LogP contribution in [0.1, 0.15) is 148 Å². The first kappa shape index (κ1) is 80.1. The first-order chi connectivity index (χ1) is 48.0. The highest BCUT2D eigenvalue weighted by Crippen LogP contribution is 2.31. The standard InChI is InChI=1S/3C14H15BrN2.C14H11BrN2.C9H18N2O2.C8H12O2.C6H7BrN2.ClH/c1-10-13-4-2-3-5-14(13)16-17(10)12-8-6-11(15)7-9-12;3*1-10-13-4-2-3-5-14(13)17(16-10)12-8-6-11(15)7-9-12;1-9(2,3)13-8(12)11-6-4-10-5-7-11;1-6(9)7-4-2-3-5-8(7)10;7-5-1-3-6(9-8)4-2-5;/h3*6-9H,2-5H2,1H3;2-9H,1H3;10H,4-7H2,1-3H3;7H,2-5H2,1H3;1-4,9H,8H2;1H. The van der Waals surface area contributed by atoms with E-state index in [4.69, 9.17) is 25.9 Å². The summed E-state index contributed by atoms with van der Waals surface area (Å²) in [5.74, 6) is 5.08. The molecular weight excluding hydrogens is 1620 g/mol. The van der Waals surface area contributed by atoms with Gasteiger partial charge in [0.2, 0.25) is 0 Å². The number of rotatable bonds is 6. The van der Waals surface area contributed by atoms with Gasteiger partial charge in [0, 0.05) is 83.1 Å². The average molecular weight is 1710 g/mol. The van der Waals surface area contributed by atoms with E-state index in [-0.39, 0.29) is 41.6 Å². The first-order valence-electron chi connectivity index (χ1n) is 34.7. The molecule has 1 saturated heterocycles. The van der Waals surface area contributed by atoms with Crippen LogP contribution >= 0.6 is 92.1 Å². The Labute approximate surface area is 643 Å². The normalized spacial score (nSPS) is 15.1. The number of ether oxygens (including phenoxy) is 1. The second kappa shape index (κ2) is 38.8. The van der Waals surface area contributed by atoms with Crippen molar-refractivity contribution in [2.75, 3.05) is 31.6 Å². The lowest BCUT2D eigenvalue weighted by Gasteiger charge is -2.30. The zero-order valence-electron chi connectivity index (χ0n) is 59.1. The van der Waals surface area contributed by atoms with Crippen molar-refractivity contribution in [1.82, 2.24) is 49.3 Å². The minimum absolute atomic E-state index is 0. The van der Waals surface area contributed by atoms with Gasteiger partial charge in [-0.2, -0.15) is 20.4 Å². The molecule has 1 unspecified atom stereocenters. The number of fused-ring (bicyclic) bond motifs is 4. The Morgan fingerprint density at radius 2 is 0.911 bits per heavy atom. The van der Waals surface area contributed by atoms with E-state index in [0.29, 0.717) is 6.42 Å². The Morgan fingerprint density at radius 1 is 0.505 bits per heavy atom. The number of piperazine rings is 1. The lowest BCUT2D eigenvalue weighted by molar-refractivity contribution is -0.133. The number of nitrogens with two attached hydrogens (primary N) is 1. The van der Waals surface area contributed by atoms with Crippen LogP contribution in [0.3, 0.4) is 0 Å². The van der Waals surface area contributed by atoms with Gasteiger partial charge in [0.1, 0.15) is 17.2 Å². The number of hydrogen-bond donors (Lipinski definition) is 3. The lowest BCUT2D eigenvalue weighted by atomic mass is 9.86. The minimum atomic E-state index is -0.387. The number of aryl methyl sites for hydroxylation is 4. The molecule has 5 heterocycles. The SMILES string of the molecule is CC(=O)C1CCCCC1=O.CC(C)(C)OC(=O)N1CCNCC1.Cc1c2c(nn1-c1ccc(Br)cc1)CCCC2.Cc1nn(-c2ccc(Br)cc2)c2c1CCCC2.Cc1nn(-c2ccc(Br)cc2)c2c1CCCC2.Cc1nn(-c2ccc(Br)cc2)c2ccccc12.Cl.NNc1ccc(Br)cc1. The van der Waals surface area contributed by atoms with Crippen molar-refractivity contribution in [1.29, 1.82) is 0 Å². The molecule has 4 aliphatic carbocycles. The van der Waals surface area contributed by atoms with Crippen LogP contribution in [0.2, 0.25) is 0 Å². The van der Waals surface area contributed by atoms with E-state index < -0.39 is 0 Å². The Bertz CT molecular complexity index is 4210. The second-order valence-electron chi connectivity index (χ2n) is 26.6. The zero-order valence-corrected chi connectivity index (χ0v) is 67.9. The van der Waals surface area contributed by atoms with Crippen LogP contribution in [0.15, 0.2) is 168 Å². The van der Waals surface area contributed by atoms with Crippen LogP contribution in [0, 0.1) is 33.6 Å². The largest absolute Gasteiger partial charge is 0.444 e. The number of hydrogen-bond acceptors (Lipinski definition) is 11. The molecule has 101 heavy (non-hydrogen) atoms. The average Bonchev–Trinajstić information content (AvgIpc) is 1.68. The number of hydrazine groups is 1. The molecule has 2 fully saturated rings. The summed E-state index contributed by atoms with van der Waals surface area (Å²) < 4.78 is 19.0. The van der Waals surface area contributed by atoms with E-state index in [1.54, 1.807) is 4.90 Å². The number of aromatic nitrogens is 8. The van der Waals surface area contributed by atoms with Crippen LogP contribution in [-0.2, 0) is 52.9 Å². The number of carbonyl (C=O) groups excluding carboxylic acids is 3. The quantitative estimate of drug-likeness (QED) is 0.0817. The van der Waals surface area contributed by atoms with Crippen LogP contribution < -0.4 is 16.6 Å². The van der Waals surface area contributed by atoms with Crippen molar-refractivity contribution < 1.29 is 19.1 Å². The number of para-hydroxylation sites is 1. The summed E-state index contributed by atoms with van der Waals surface area (Å²) in [6.45, 7) is 18.8. The zero-order chi connectivity index (χ0) is 71.5. The van der Waals surface area contributed by atoms with Gasteiger partial charge < -0.3 is 20.4 Å². The Kier molecular flexibility index (Phi) is 30.8. The van der Waals surface area contributed by atoms with Gasteiger partial charge in [0.05, 0.1) is 57.0 Å². The second-order valence-corrected chi connectivity index (χ2v) is 31.1. The summed E-state index contributed by atoms with van der Waals surface area (Å²) in [7, 11) is 0. The summed E-state index contributed by atoms with van der Waals surface area (Å²) in [5.41, 5.74) is 22.1. The Morgan fingerprint density at radius 3 is 1.35 bits per heavy atom. The number of carbonyl (C=O) groups is 3. The molecule has 16 nitrogen and oxygen atoms in total. The van der Waals surface area contributed by atoms with Crippen LogP contribution in [0.4, 0.5) is 10.5 Å².